The molecule has 120 valence electrons. The summed E-state index contributed by atoms with van der Waals surface area (Å²) in [6, 6.07) is 1.29. The molecule has 1 aromatic heterocycles. The minimum atomic E-state index is -0.0643. The lowest BCUT2D eigenvalue weighted by molar-refractivity contribution is 0.0823. The van der Waals surface area contributed by atoms with Crippen LogP contribution in [0, 0.1) is 0 Å². The molecule has 2 heterocycles. The molecule has 6 nitrogen and oxygen atoms in total. The molecule has 0 aromatic carbocycles. The lowest BCUT2D eigenvalue weighted by atomic mass is 10.0. The highest BCUT2D eigenvalue weighted by molar-refractivity contribution is 5.73. The quantitative estimate of drug-likeness (QED) is 0.833. The molecule has 3 fully saturated rings. The van der Waals surface area contributed by atoms with Gasteiger partial charge in [-0.25, -0.2) is 4.79 Å². The van der Waals surface area contributed by atoms with Crippen LogP contribution in [0.15, 0.2) is 6.20 Å². The van der Waals surface area contributed by atoms with E-state index < -0.39 is 0 Å². The van der Waals surface area contributed by atoms with Gasteiger partial charge in [0.25, 0.3) is 0 Å². The van der Waals surface area contributed by atoms with Gasteiger partial charge in [-0.15, -0.1) is 0 Å². The molecule has 0 bridgehead atoms. The summed E-state index contributed by atoms with van der Waals surface area (Å²) >= 11 is 0. The van der Waals surface area contributed by atoms with Crippen LogP contribution in [0.5, 0.6) is 0 Å². The minimum absolute atomic E-state index is 0.0643. The third-order valence-electron chi connectivity index (χ3n) is 5.23. The number of carbonyl (C=O) groups is 1. The summed E-state index contributed by atoms with van der Waals surface area (Å²) < 4.78 is 1.88. The summed E-state index contributed by atoms with van der Waals surface area (Å²) in [6.07, 6.45) is 8.35. The second-order valence-electron chi connectivity index (χ2n) is 6.92. The molecule has 22 heavy (non-hydrogen) atoms. The zero-order valence-corrected chi connectivity index (χ0v) is 13.2. The second-order valence-corrected chi connectivity index (χ2v) is 6.92. The Morgan fingerprint density at radius 3 is 2.73 bits per heavy atom. The van der Waals surface area contributed by atoms with Crippen LogP contribution in [0.4, 0.5) is 4.79 Å². The molecular formula is C16H25N5O. The largest absolute Gasteiger partial charge is 0.337 e. The Balaban J connectivity index is 1.23. The van der Waals surface area contributed by atoms with Gasteiger partial charge in [0.15, 0.2) is 0 Å². The molecule has 4 rings (SSSR count). The molecule has 2 amide bonds. The molecule has 1 aromatic rings. The SMILES string of the molecule is Cn1ncc(C2CC2)c1CNC(=O)NCC1CCN1C1CC1. The number of carbonyl (C=O) groups excluding carboxylic acids is 1. The number of hydrogen-bond donors (Lipinski definition) is 2. The maximum absolute atomic E-state index is 12.0. The molecule has 2 aliphatic carbocycles. The summed E-state index contributed by atoms with van der Waals surface area (Å²) in [4.78, 5) is 14.5. The van der Waals surface area contributed by atoms with Crippen LogP contribution in [-0.4, -0.2) is 45.9 Å². The number of amides is 2. The van der Waals surface area contributed by atoms with E-state index in [1.165, 1.54) is 44.2 Å². The van der Waals surface area contributed by atoms with Gasteiger partial charge in [0, 0.05) is 32.2 Å². The van der Waals surface area contributed by atoms with E-state index in [0.717, 1.165) is 18.3 Å². The Morgan fingerprint density at radius 1 is 1.27 bits per heavy atom. The molecule has 6 heteroatoms. The first-order valence-corrected chi connectivity index (χ1v) is 8.50. The molecule has 0 spiro atoms. The van der Waals surface area contributed by atoms with E-state index in [-0.39, 0.29) is 6.03 Å². The molecular weight excluding hydrogens is 278 g/mol. The van der Waals surface area contributed by atoms with E-state index in [2.05, 4.69) is 20.6 Å². The zero-order chi connectivity index (χ0) is 15.1. The monoisotopic (exact) mass is 303 g/mol. The van der Waals surface area contributed by atoms with Gasteiger partial charge in [-0.05, 0) is 43.6 Å². The highest BCUT2D eigenvalue weighted by Crippen LogP contribution is 2.41. The Hall–Kier alpha value is -1.56. The number of aromatic nitrogens is 2. The van der Waals surface area contributed by atoms with E-state index in [4.69, 9.17) is 0 Å². The van der Waals surface area contributed by atoms with Crippen molar-refractivity contribution in [3.8, 4) is 0 Å². The first-order valence-electron chi connectivity index (χ1n) is 8.50. The standard InChI is InChI=1S/C16H25N5O/c1-20-15(14(9-19-20)11-2-3-11)10-18-16(22)17-8-13-6-7-21(13)12-4-5-12/h9,11-13H,2-8,10H2,1H3,(H2,17,18,22). The van der Waals surface area contributed by atoms with Gasteiger partial charge in [0.1, 0.15) is 0 Å². The van der Waals surface area contributed by atoms with Crippen LogP contribution < -0.4 is 10.6 Å². The topological polar surface area (TPSA) is 62.2 Å². The zero-order valence-electron chi connectivity index (χ0n) is 13.2. The van der Waals surface area contributed by atoms with Crippen LogP contribution in [0.2, 0.25) is 0 Å². The van der Waals surface area contributed by atoms with E-state index in [1.54, 1.807) is 0 Å². The lowest BCUT2D eigenvalue weighted by Gasteiger charge is -2.41. The highest BCUT2D eigenvalue weighted by atomic mass is 16.2. The maximum atomic E-state index is 12.0. The predicted octanol–water partition coefficient (Wildman–Crippen LogP) is 1.33. The fraction of sp³-hybridized carbons (Fsp3) is 0.750. The molecule has 2 saturated carbocycles. The third-order valence-corrected chi connectivity index (χ3v) is 5.23. The average Bonchev–Trinajstić information content (AvgIpc) is 3.36. The van der Waals surface area contributed by atoms with Gasteiger partial charge in [0.05, 0.1) is 18.4 Å². The van der Waals surface area contributed by atoms with E-state index in [0.29, 0.717) is 18.5 Å². The van der Waals surface area contributed by atoms with Crippen molar-refractivity contribution in [2.45, 2.75) is 56.7 Å². The predicted molar refractivity (Wildman–Crippen MR) is 83.6 cm³/mol. The van der Waals surface area contributed by atoms with Gasteiger partial charge < -0.3 is 10.6 Å². The lowest BCUT2D eigenvalue weighted by Crippen LogP contribution is -2.55. The fourth-order valence-corrected chi connectivity index (χ4v) is 3.44. The second kappa shape index (κ2) is 5.57. The Labute approximate surface area is 131 Å². The van der Waals surface area contributed by atoms with Crippen molar-refractivity contribution in [1.29, 1.82) is 0 Å². The normalized spacial score (nSPS) is 24.9. The molecule has 1 aliphatic heterocycles. The minimum Gasteiger partial charge on any atom is -0.337 e. The molecule has 1 unspecified atom stereocenters. The highest BCUT2D eigenvalue weighted by Gasteiger charge is 2.39. The Bertz CT molecular complexity index is 561. The molecule has 2 N–H and O–H groups in total. The summed E-state index contributed by atoms with van der Waals surface area (Å²) in [5.41, 5.74) is 2.45. The van der Waals surface area contributed by atoms with Gasteiger partial charge in [-0.2, -0.15) is 5.10 Å². The van der Waals surface area contributed by atoms with Gasteiger partial charge in [-0.3, -0.25) is 9.58 Å². The third kappa shape index (κ3) is 2.84. The summed E-state index contributed by atoms with van der Waals surface area (Å²) in [5.74, 6) is 0.663. The van der Waals surface area contributed by atoms with Gasteiger partial charge in [-0.1, -0.05) is 0 Å². The van der Waals surface area contributed by atoms with Gasteiger partial charge in [0.2, 0.25) is 0 Å². The number of aryl methyl sites for hydroxylation is 1. The van der Waals surface area contributed by atoms with Crippen molar-refractivity contribution in [3.63, 3.8) is 0 Å². The van der Waals surface area contributed by atoms with Crippen LogP contribution in [0.1, 0.15) is 49.3 Å². The number of nitrogens with one attached hydrogen (secondary N) is 2. The molecule has 0 radical (unpaired) electrons. The maximum Gasteiger partial charge on any atom is 0.315 e. The summed E-state index contributed by atoms with van der Waals surface area (Å²) in [7, 11) is 1.95. The van der Waals surface area contributed by atoms with Crippen LogP contribution in [-0.2, 0) is 13.6 Å². The van der Waals surface area contributed by atoms with Crippen molar-refractivity contribution < 1.29 is 4.79 Å². The summed E-state index contributed by atoms with van der Waals surface area (Å²) in [5, 5.41) is 10.3. The molecule has 3 aliphatic rings. The van der Waals surface area contributed by atoms with Crippen molar-refractivity contribution >= 4 is 6.03 Å². The summed E-state index contributed by atoms with van der Waals surface area (Å²) in [6.45, 7) is 2.53. The smallest absolute Gasteiger partial charge is 0.315 e. The van der Waals surface area contributed by atoms with Crippen LogP contribution in [0.3, 0.4) is 0 Å². The number of hydrogen-bond acceptors (Lipinski definition) is 3. The van der Waals surface area contributed by atoms with E-state index in [9.17, 15) is 4.79 Å². The number of rotatable bonds is 6. The Morgan fingerprint density at radius 2 is 2.09 bits per heavy atom. The van der Waals surface area contributed by atoms with Crippen molar-refractivity contribution in [2.24, 2.45) is 7.05 Å². The first-order chi connectivity index (χ1) is 10.7. The van der Waals surface area contributed by atoms with Crippen LogP contribution in [0.25, 0.3) is 0 Å². The fourth-order valence-electron chi connectivity index (χ4n) is 3.44. The van der Waals surface area contributed by atoms with Crippen LogP contribution >= 0.6 is 0 Å². The van der Waals surface area contributed by atoms with E-state index >= 15 is 0 Å². The van der Waals surface area contributed by atoms with Gasteiger partial charge >= 0.3 is 6.03 Å². The van der Waals surface area contributed by atoms with Crippen molar-refractivity contribution in [3.05, 3.63) is 17.5 Å². The van der Waals surface area contributed by atoms with Crippen molar-refractivity contribution in [2.75, 3.05) is 13.1 Å². The number of likely N-dealkylation sites (tertiary alicyclic amines) is 1. The van der Waals surface area contributed by atoms with Crippen molar-refractivity contribution in [1.82, 2.24) is 25.3 Å². The number of urea groups is 1. The average molecular weight is 303 g/mol. The molecule has 1 atom stereocenters. The number of nitrogens with zero attached hydrogens (tertiary/aromatic N) is 3. The first kappa shape index (κ1) is 14.1. The molecule has 1 saturated heterocycles. The Kier molecular flexibility index (Phi) is 3.56. The van der Waals surface area contributed by atoms with E-state index in [1.807, 2.05) is 17.9 Å².